The average molecular weight is 389 g/mol. The number of hydrogen-bond donors (Lipinski definition) is 1. The van der Waals surface area contributed by atoms with Crippen molar-refractivity contribution < 1.29 is 22.7 Å². The Labute approximate surface area is 159 Å². The molecule has 0 heterocycles. The molecule has 27 heavy (non-hydrogen) atoms. The summed E-state index contributed by atoms with van der Waals surface area (Å²) in [4.78, 5) is 24.6. The van der Waals surface area contributed by atoms with Crippen LogP contribution in [0.1, 0.15) is 35.3 Å². The van der Waals surface area contributed by atoms with Crippen LogP contribution in [0.25, 0.3) is 0 Å². The van der Waals surface area contributed by atoms with Gasteiger partial charge >= 0.3 is 5.97 Å². The van der Waals surface area contributed by atoms with E-state index in [0.717, 1.165) is 11.1 Å². The van der Waals surface area contributed by atoms with Crippen LogP contribution < -0.4 is 4.72 Å². The SMILES string of the molecule is Cc1ccc(C(=O)C(C)OC(=O)[C@H](C)NS(=O)(=O)c2ccc(C)cc2)cc1. The zero-order valence-electron chi connectivity index (χ0n) is 15.7. The van der Waals surface area contributed by atoms with Crippen LogP contribution in [0, 0.1) is 13.8 Å². The zero-order chi connectivity index (χ0) is 20.2. The second kappa shape index (κ2) is 8.45. The van der Waals surface area contributed by atoms with Crippen LogP contribution in [-0.4, -0.2) is 32.3 Å². The Morgan fingerprint density at radius 2 is 1.37 bits per heavy atom. The quantitative estimate of drug-likeness (QED) is 0.581. The van der Waals surface area contributed by atoms with Gasteiger partial charge in [-0.3, -0.25) is 9.59 Å². The lowest BCUT2D eigenvalue weighted by atomic mass is 10.1. The first-order valence-electron chi connectivity index (χ1n) is 8.50. The molecule has 0 aliphatic rings. The molecule has 0 amide bonds. The van der Waals surface area contributed by atoms with Crippen LogP contribution in [0.4, 0.5) is 0 Å². The molecule has 0 aliphatic heterocycles. The van der Waals surface area contributed by atoms with E-state index in [1.54, 1.807) is 36.4 Å². The minimum absolute atomic E-state index is 0.0523. The van der Waals surface area contributed by atoms with Crippen LogP contribution in [0.15, 0.2) is 53.4 Å². The van der Waals surface area contributed by atoms with E-state index in [9.17, 15) is 18.0 Å². The summed E-state index contributed by atoms with van der Waals surface area (Å²) < 4.78 is 32.1. The Hall–Kier alpha value is -2.51. The van der Waals surface area contributed by atoms with E-state index >= 15 is 0 Å². The van der Waals surface area contributed by atoms with Gasteiger partial charge in [0.25, 0.3) is 0 Å². The van der Waals surface area contributed by atoms with Gasteiger partial charge in [-0.25, -0.2) is 8.42 Å². The van der Waals surface area contributed by atoms with Gasteiger partial charge in [0, 0.05) is 5.56 Å². The Balaban J connectivity index is 2.01. The third-order valence-corrected chi connectivity index (χ3v) is 5.57. The van der Waals surface area contributed by atoms with E-state index in [2.05, 4.69) is 4.72 Å². The standard InChI is InChI=1S/C20H23NO5S/c1-13-5-9-17(10-6-13)19(22)16(4)26-20(23)15(3)21-27(24,25)18-11-7-14(2)8-12-18/h5-12,15-16,21H,1-4H3/t15-,16?/m0/s1. The van der Waals surface area contributed by atoms with E-state index < -0.39 is 28.1 Å². The molecule has 144 valence electrons. The molecular weight excluding hydrogens is 366 g/mol. The first kappa shape index (κ1) is 20.8. The number of ketones is 1. The Bertz CT molecular complexity index is 918. The first-order valence-corrected chi connectivity index (χ1v) is 9.99. The van der Waals surface area contributed by atoms with Crippen molar-refractivity contribution in [2.75, 3.05) is 0 Å². The monoisotopic (exact) mass is 389 g/mol. The number of aryl methyl sites for hydroxylation is 2. The molecule has 2 aromatic carbocycles. The Kier molecular flexibility index (Phi) is 6.51. The summed E-state index contributed by atoms with van der Waals surface area (Å²) in [5, 5.41) is 0. The van der Waals surface area contributed by atoms with Crippen molar-refractivity contribution in [3.63, 3.8) is 0 Å². The molecule has 2 atom stereocenters. The van der Waals surface area contributed by atoms with Crippen LogP contribution in [0.5, 0.6) is 0 Å². The van der Waals surface area contributed by atoms with Crippen LogP contribution in [-0.2, 0) is 19.6 Å². The second-order valence-electron chi connectivity index (χ2n) is 6.47. The molecule has 2 rings (SSSR count). The molecule has 0 aliphatic carbocycles. The zero-order valence-corrected chi connectivity index (χ0v) is 16.5. The number of Topliss-reactive ketones (excluding diaryl/α,β-unsaturated/α-hetero) is 1. The van der Waals surface area contributed by atoms with Gasteiger partial charge in [0.2, 0.25) is 15.8 Å². The van der Waals surface area contributed by atoms with Gasteiger partial charge in [-0.15, -0.1) is 0 Å². The molecule has 0 saturated carbocycles. The van der Waals surface area contributed by atoms with Crippen molar-refractivity contribution >= 4 is 21.8 Å². The fraction of sp³-hybridized carbons (Fsp3) is 0.300. The highest BCUT2D eigenvalue weighted by Gasteiger charge is 2.26. The number of hydrogen-bond acceptors (Lipinski definition) is 5. The lowest BCUT2D eigenvalue weighted by Crippen LogP contribution is -2.41. The molecule has 7 heteroatoms. The molecule has 0 aromatic heterocycles. The summed E-state index contributed by atoms with van der Waals surface area (Å²) in [6, 6.07) is 12.0. The normalized spacial score (nSPS) is 13.6. The summed E-state index contributed by atoms with van der Waals surface area (Å²) in [6.07, 6.45) is -1.02. The van der Waals surface area contributed by atoms with Crippen LogP contribution in [0.2, 0.25) is 0 Å². The van der Waals surface area contributed by atoms with Gasteiger partial charge in [0.1, 0.15) is 6.04 Å². The number of benzene rings is 2. The van der Waals surface area contributed by atoms with Crippen LogP contribution in [0.3, 0.4) is 0 Å². The summed E-state index contributed by atoms with van der Waals surface area (Å²) in [5.41, 5.74) is 2.36. The van der Waals surface area contributed by atoms with Gasteiger partial charge in [-0.2, -0.15) is 4.72 Å². The van der Waals surface area contributed by atoms with Gasteiger partial charge < -0.3 is 4.74 Å². The van der Waals surface area contributed by atoms with E-state index in [0.29, 0.717) is 5.56 Å². The predicted octanol–water partition coefficient (Wildman–Crippen LogP) is 2.78. The first-order chi connectivity index (χ1) is 12.6. The highest BCUT2D eigenvalue weighted by molar-refractivity contribution is 7.89. The molecule has 1 N–H and O–H groups in total. The molecule has 0 radical (unpaired) electrons. The highest BCUT2D eigenvalue weighted by atomic mass is 32.2. The molecule has 2 aromatic rings. The average Bonchev–Trinajstić information content (AvgIpc) is 2.61. The minimum Gasteiger partial charge on any atom is -0.453 e. The largest absolute Gasteiger partial charge is 0.453 e. The highest BCUT2D eigenvalue weighted by Crippen LogP contribution is 2.12. The summed E-state index contributed by atoms with van der Waals surface area (Å²) in [6.45, 7) is 6.58. The molecule has 0 fully saturated rings. The third-order valence-electron chi connectivity index (χ3n) is 4.02. The summed E-state index contributed by atoms with van der Waals surface area (Å²) in [5.74, 6) is -1.17. The van der Waals surface area contributed by atoms with E-state index in [-0.39, 0.29) is 10.7 Å². The number of esters is 1. The third kappa shape index (κ3) is 5.48. The maximum absolute atomic E-state index is 12.3. The molecule has 1 unspecified atom stereocenters. The topological polar surface area (TPSA) is 89.5 Å². The van der Waals surface area contributed by atoms with Crippen molar-refractivity contribution in [3.8, 4) is 0 Å². The number of nitrogens with one attached hydrogen (secondary N) is 1. The van der Waals surface area contributed by atoms with Crippen molar-refractivity contribution in [2.45, 2.75) is 44.7 Å². The lowest BCUT2D eigenvalue weighted by Gasteiger charge is -2.17. The smallest absolute Gasteiger partial charge is 0.324 e. The van der Waals surface area contributed by atoms with Crippen molar-refractivity contribution in [3.05, 3.63) is 65.2 Å². The molecule has 0 spiro atoms. The number of rotatable bonds is 7. The van der Waals surface area contributed by atoms with Gasteiger partial charge in [0.15, 0.2) is 6.10 Å². The fourth-order valence-corrected chi connectivity index (χ4v) is 3.54. The number of ether oxygens (including phenoxy) is 1. The Morgan fingerprint density at radius 3 is 1.89 bits per heavy atom. The second-order valence-corrected chi connectivity index (χ2v) is 8.18. The molecule has 0 saturated heterocycles. The van der Waals surface area contributed by atoms with E-state index in [4.69, 9.17) is 4.74 Å². The van der Waals surface area contributed by atoms with Gasteiger partial charge in [0.05, 0.1) is 4.90 Å². The van der Waals surface area contributed by atoms with Crippen molar-refractivity contribution in [1.29, 1.82) is 0 Å². The van der Waals surface area contributed by atoms with Crippen LogP contribution >= 0.6 is 0 Å². The van der Waals surface area contributed by atoms with Gasteiger partial charge in [-0.05, 0) is 39.8 Å². The fourth-order valence-electron chi connectivity index (χ4n) is 2.35. The number of sulfonamides is 1. The number of carbonyl (C=O) groups is 2. The van der Waals surface area contributed by atoms with Crippen molar-refractivity contribution in [1.82, 2.24) is 4.72 Å². The summed E-state index contributed by atoms with van der Waals surface area (Å²) >= 11 is 0. The minimum atomic E-state index is -3.87. The summed E-state index contributed by atoms with van der Waals surface area (Å²) in [7, 11) is -3.87. The van der Waals surface area contributed by atoms with E-state index in [1.165, 1.54) is 26.0 Å². The van der Waals surface area contributed by atoms with E-state index in [1.807, 2.05) is 13.8 Å². The maximum Gasteiger partial charge on any atom is 0.324 e. The lowest BCUT2D eigenvalue weighted by molar-refractivity contribution is -0.147. The predicted molar refractivity (Wildman–Crippen MR) is 102 cm³/mol. The maximum atomic E-state index is 12.3. The molecule has 6 nitrogen and oxygen atoms in total. The van der Waals surface area contributed by atoms with Crippen molar-refractivity contribution in [2.24, 2.45) is 0 Å². The Morgan fingerprint density at radius 1 is 0.889 bits per heavy atom. The molecular formula is C20H23NO5S. The van der Waals surface area contributed by atoms with Gasteiger partial charge in [-0.1, -0.05) is 47.5 Å². The number of carbonyl (C=O) groups excluding carboxylic acids is 2. The molecule has 0 bridgehead atoms.